The van der Waals surface area contributed by atoms with Crippen molar-refractivity contribution in [3.8, 4) is 0 Å². The molecule has 0 radical (unpaired) electrons. The van der Waals surface area contributed by atoms with Gasteiger partial charge >= 0.3 is 11.9 Å². The van der Waals surface area contributed by atoms with E-state index in [0.717, 1.165) is 11.0 Å². The lowest BCUT2D eigenvalue weighted by atomic mass is 10.2. The molecule has 21 heavy (non-hydrogen) atoms. The molecule has 2 heterocycles. The molecule has 0 unspecified atom stereocenters. The number of hydrogen-bond donors (Lipinski definition) is 2. The topological polar surface area (TPSA) is 93.3 Å². The first-order chi connectivity index (χ1) is 9.94. The van der Waals surface area contributed by atoms with Crippen molar-refractivity contribution in [2.45, 2.75) is 19.6 Å². The predicted octanol–water partition coefficient (Wildman–Crippen LogP) is 1.69. The normalized spacial score (nSPS) is 17.3. The molecule has 0 saturated carbocycles. The molecule has 0 bridgehead atoms. The van der Waals surface area contributed by atoms with E-state index in [9.17, 15) is 9.59 Å². The Hall–Kier alpha value is -2.83. The highest BCUT2D eigenvalue weighted by atomic mass is 16.7. The molecule has 1 saturated heterocycles. The first kappa shape index (κ1) is 13.2. The first-order valence-corrected chi connectivity index (χ1v) is 6.31. The summed E-state index contributed by atoms with van der Waals surface area (Å²) in [5.74, 6) is -2.67. The average Bonchev–Trinajstić information content (AvgIpc) is 2.83. The Balaban J connectivity index is 1.81. The molecule has 7 heteroatoms. The minimum atomic E-state index is -1.24. The minimum Gasteiger partial charge on any atom is -0.419 e. The summed E-state index contributed by atoms with van der Waals surface area (Å²) in [6, 6.07) is 5.40. The molecular formula is C14H13N3O4. The largest absolute Gasteiger partial charge is 0.419 e. The van der Waals surface area contributed by atoms with Crippen LogP contribution in [0.3, 0.4) is 0 Å². The van der Waals surface area contributed by atoms with E-state index in [1.54, 1.807) is 12.4 Å². The number of esters is 2. The fourth-order valence-electron chi connectivity index (χ4n) is 1.96. The smallest absolute Gasteiger partial charge is 0.350 e. The second-order valence-electron chi connectivity index (χ2n) is 5.02. The Bertz CT molecular complexity index is 738. The van der Waals surface area contributed by atoms with Crippen LogP contribution in [-0.2, 0) is 19.1 Å². The molecule has 0 atom stereocenters. The molecule has 1 aromatic carbocycles. The van der Waals surface area contributed by atoms with E-state index in [1.165, 1.54) is 20.0 Å². The van der Waals surface area contributed by atoms with E-state index in [1.807, 2.05) is 12.1 Å². The summed E-state index contributed by atoms with van der Waals surface area (Å²) >= 11 is 0. The van der Waals surface area contributed by atoms with Gasteiger partial charge in [0.15, 0.2) is 5.57 Å². The minimum absolute atomic E-state index is 0.181. The zero-order valence-electron chi connectivity index (χ0n) is 11.5. The van der Waals surface area contributed by atoms with Crippen molar-refractivity contribution >= 4 is 28.7 Å². The Morgan fingerprint density at radius 2 is 1.95 bits per heavy atom. The molecule has 2 N–H and O–H groups in total. The third-order valence-electron chi connectivity index (χ3n) is 2.92. The molecule has 0 aliphatic carbocycles. The van der Waals surface area contributed by atoms with Crippen LogP contribution in [0.25, 0.3) is 11.0 Å². The monoisotopic (exact) mass is 287 g/mol. The maximum absolute atomic E-state index is 11.8. The van der Waals surface area contributed by atoms with Crippen LogP contribution in [0.1, 0.15) is 13.8 Å². The van der Waals surface area contributed by atoms with E-state index in [4.69, 9.17) is 9.47 Å². The molecule has 7 nitrogen and oxygen atoms in total. The number of fused-ring (bicyclic) bond motifs is 1. The zero-order chi connectivity index (χ0) is 15.0. The number of carbonyl (C=O) groups is 2. The van der Waals surface area contributed by atoms with E-state index in [0.29, 0.717) is 5.69 Å². The molecule has 1 fully saturated rings. The van der Waals surface area contributed by atoms with Crippen LogP contribution in [0.2, 0.25) is 0 Å². The van der Waals surface area contributed by atoms with Gasteiger partial charge in [-0.2, -0.15) is 0 Å². The van der Waals surface area contributed by atoms with Gasteiger partial charge in [-0.1, -0.05) is 0 Å². The first-order valence-electron chi connectivity index (χ1n) is 6.31. The van der Waals surface area contributed by atoms with Gasteiger partial charge in [0, 0.05) is 25.7 Å². The quantitative estimate of drug-likeness (QED) is 0.496. The number of imidazole rings is 1. The van der Waals surface area contributed by atoms with E-state index < -0.39 is 17.7 Å². The summed E-state index contributed by atoms with van der Waals surface area (Å²) in [7, 11) is 0. The van der Waals surface area contributed by atoms with Crippen LogP contribution in [-0.4, -0.2) is 27.7 Å². The van der Waals surface area contributed by atoms with Crippen LogP contribution in [0, 0.1) is 0 Å². The number of carbonyl (C=O) groups excluding carboxylic acids is 2. The maximum Gasteiger partial charge on any atom is 0.350 e. The second kappa shape index (κ2) is 4.62. The predicted molar refractivity (Wildman–Crippen MR) is 74.1 cm³/mol. The van der Waals surface area contributed by atoms with Crippen molar-refractivity contribution in [3.05, 3.63) is 36.3 Å². The summed E-state index contributed by atoms with van der Waals surface area (Å²) in [6.07, 6.45) is 2.86. The van der Waals surface area contributed by atoms with Gasteiger partial charge in [-0.05, 0) is 18.2 Å². The lowest BCUT2D eigenvalue weighted by Crippen LogP contribution is -2.42. The van der Waals surface area contributed by atoms with Crippen molar-refractivity contribution in [2.24, 2.45) is 0 Å². The number of nitrogens with one attached hydrogen (secondary N) is 2. The highest BCUT2D eigenvalue weighted by molar-refractivity contribution is 6.15. The SMILES string of the molecule is CC1(C)OC(=O)C(=CNc2ccc3nc[nH]c3c2)C(=O)O1. The van der Waals surface area contributed by atoms with Crippen LogP contribution < -0.4 is 5.32 Å². The Labute approximate surface area is 120 Å². The number of cyclic esters (lactones) is 2. The molecule has 0 amide bonds. The molecular weight excluding hydrogens is 274 g/mol. The van der Waals surface area contributed by atoms with Crippen LogP contribution >= 0.6 is 0 Å². The molecule has 1 aliphatic rings. The zero-order valence-corrected chi connectivity index (χ0v) is 11.5. The van der Waals surface area contributed by atoms with Crippen molar-refractivity contribution in [2.75, 3.05) is 5.32 Å². The number of nitrogens with zero attached hydrogens (tertiary/aromatic N) is 1. The Kier molecular flexibility index (Phi) is 2.90. The summed E-state index contributed by atoms with van der Waals surface area (Å²) < 4.78 is 9.99. The number of hydrogen-bond acceptors (Lipinski definition) is 6. The number of benzene rings is 1. The van der Waals surface area contributed by atoms with Gasteiger partial charge in [-0.25, -0.2) is 14.6 Å². The number of aromatic amines is 1. The summed E-state index contributed by atoms with van der Waals surface area (Å²) in [6.45, 7) is 3.00. The molecule has 108 valence electrons. The highest BCUT2D eigenvalue weighted by Crippen LogP contribution is 2.23. The van der Waals surface area contributed by atoms with Crippen molar-refractivity contribution in [3.63, 3.8) is 0 Å². The lowest BCUT2D eigenvalue weighted by Gasteiger charge is -2.29. The van der Waals surface area contributed by atoms with Crippen molar-refractivity contribution < 1.29 is 19.1 Å². The van der Waals surface area contributed by atoms with E-state index in [2.05, 4.69) is 15.3 Å². The number of aromatic nitrogens is 2. The third kappa shape index (κ3) is 2.58. The van der Waals surface area contributed by atoms with Gasteiger partial charge in [0.1, 0.15) is 0 Å². The van der Waals surface area contributed by atoms with Gasteiger partial charge in [0.2, 0.25) is 0 Å². The molecule has 1 aromatic heterocycles. The molecule has 1 aliphatic heterocycles. The average molecular weight is 287 g/mol. The van der Waals surface area contributed by atoms with Crippen LogP contribution in [0.5, 0.6) is 0 Å². The van der Waals surface area contributed by atoms with E-state index >= 15 is 0 Å². The highest BCUT2D eigenvalue weighted by Gasteiger charge is 2.38. The standard InChI is InChI=1S/C14H13N3O4/c1-14(2)20-12(18)9(13(19)21-14)6-15-8-3-4-10-11(5-8)17-7-16-10/h3-7,15H,1-2H3,(H,16,17). The third-order valence-corrected chi connectivity index (χ3v) is 2.92. The Morgan fingerprint density at radius 1 is 1.24 bits per heavy atom. The van der Waals surface area contributed by atoms with Gasteiger partial charge in [-0.15, -0.1) is 0 Å². The van der Waals surface area contributed by atoms with Crippen LogP contribution in [0.4, 0.5) is 5.69 Å². The van der Waals surface area contributed by atoms with Crippen LogP contribution in [0.15, 0.2) is 36.3 Å². The summed E-state index contributed by atoms with van der Waals surface area (Å²) in [4.78, 5) is 30.6. The van der Waals surface area contributed by atoms with Crippen molar-refractivity contribution in [1.29, 1.82) is 0 Å². The maximum atomic E-state index is 11.8. The Morgan fingerprint density at radius 3 is 2.67 bits per heavy atom. The molecule has 0 spiro atoms. The van der Waals surface area contributed by atoms with Gasteiger partial charge < -0.3 is 19.8 Å². The molecule has 2 aromatic rings. The molecule has 3 rings (SSSR count). The van der Waals surface area contributed by atoms with E-state index in [-0.39, 0.29) is 5.57 Å². The van der Waals surface area contributed by atoms with Gasteiger partial charge in [0.05, 0.1) is 17.4 Å². The number of ether oxygens (including phenoxy) is 2. The summed E-state index contributed by atoms with van der Waals surface area (Å²) in [5.41, 5.74) is 2.18. The fourth-order valence-corrected chi connectivity index (χ4v) is 1.96. The number of anilines is 1. The second-order valence-corrected chi connectivity index (χ2v) is 5.02. The van der Waals surface area contributed by atoms with Gasteiger partial charge in [-0.3, -0.25) is 0 Å². The number of H-pyrrole nitrogens is 1. The number of rotatable bonds is 2. The fraction of sp³-hybridized carbons (Fsp3) is 0.214. The van der Waals surface area contributed by atoms with Crippen molar-refractivity contribution in [1.82, 2.24) is 9.97 Å². The summed E-state index contributed by atoms with van der Waals surface area (Å²) in [5, 5.41) is 2.87. The lowest BCUT2D eigenvalue weighted by molar-refractivity contribution is -0.222. The van der Waals surface area contributed by atoms with Gasteiger partial charge in [0.25, 0.3) is 5.79 Å².